The van der Waals surface area contributed by atoms with E-state index >= 15 is 0 Å². The highest BCUT2D eigenvalue weighted by atomic mass is 16.6. The van der Waals surface area contributed by atoms with Crippen LogP contribution >= 0.6 is 0 Å². The fraction of sp³-hybridized carbons (Fsp3) is 0.333. The summed E-state index contributed by atoms with van der Waals surface area (Å²) in [6.07, 6.45) is 0.462. The molecule has 3 rings (SSSR count). The molecule has 0 heterocycles. The molecule has 0 amide bonds. The molecule has 130 valence electrons. The fourth-order valence-electron chi connectivity index (χ4n) is 3.35. The predicted molar refractivity (Wildman–Crippen MR) is 95.6 cm³/mol. The number of hydrogen-bond acceptors (Lipinski definition) is 4. The Kier molecular flexibility index (Phi) is 4.62. The summed E-state index contributed by atoms with van der Waals surface area (Å²) < 4.78 is 11.0. The van der Waals surface area contributed by atoms with Crippen LogP contribution < -0.4 is 9.47 Å². The van der Waals surface area contributed by atoms with Gasteiger partial charge in [0, 0.05) is 6.42 Å². The molecule has 2 aromatic rings. The SMILES string of the molecule is Cc1ccc(C)c(OCC(=O)Oc2ccc(C)c3c2C(=O)CC3C)c1. The van der Waals surface area contributed by atoms with Crippen LogP contribution in [0.5, 0.6) is 11.5 Å². The number of ketones is 1. The summed E-state index contributed by atoms with van der Waals surface area (Å²) in [5, 5.41) is 0. The van der Waals surface area contributed by atoms with Gasteiger partial charge in [0.1, 0.15) is 11.5 Å². The van der Waals surface area contributed by atoms with E-state index in [1.807, 2.05) is 52.0 Å². The van der Waals surface area contributed by atoms with Gasteiger partial charge in [-0.05, 0) is 61.1 Å². The van der Waals surface area contributed by atoms with E-state index < -0.39 is 5.97 Å². The third-order valence-electron chi connectivity index (χ3n) is 4.60. The maximum absolute atomic E-state index is 12.3. The summed E-state index contributed by atoms with van der Waals surface area (Å²) in [6.45, 7) is 7.69. The fourth-order valence-corrected chi connectivity index (χ4v) is 3.35. The Morgan fingerprint density at radius 3 is 2.56 bits per heavy atom. The summed E-state index contributed by atoms with van der Waals surface area (Å²) in [7, 11) is 0. The molecule has 1 atom stereocenters. The summed E-state index contributed by atoms with van der Waals surface area (Å²) >= 11 is 0. The lowest BCUT2D eigenvalue weighted by molar-refractivity contribution is -0.136. The van der Waals surface area contributed by atoms with Crippen LogP contribution in [0.2, 0.25) is 0 Å². The van der Waals surface area contributed by atoms with Crippen LogP contribution in [0.25, 0.3) is 0 Å². The molecule has 25 heavy (non-hydrogen) atoms. The highest BCUT2D eigenvalue weighted by Gasteiger charge is 2.31. The molecule has 1 aliphatic carbocycles. The number of ether oxygens (including phenoxy) is 2. The van der Waals surface area contributed by atoms with Crippen molar-refractivity contribution in [3.05, 3.63) is 58.1 Å². The third-order valence-corrected chi connectivity index (χ3v) is 4.60. The van der Waals surface area contributed by atoms with Crippen molar-refractivity contribution in [1.29, 1.82) is 0 Å². The predicted octanol–water partition coefficient (Wildman–Crippen LogP) is 4.29. The second-order valence-electron chi connectivity index (χ2n) is 6.73. The summed E-state index contributed by atoms with van der Waals surface area (Å²) in [5.74, 6) is 0.677. The van der Waals surface area contributed by atoms with Gasteiger partial charge in [0.15, 0.2) is 12.4 Å². The standard InChI is InChI=1S/C21H22O4/c1-12-5-6-13(2)18(9-12)24-11-19(23)25-17-8-7-14(3)20-15(4)10-16(22)21(17)20/h5-9,15H,10-11H2,1-4H3. The molecule has 0 saturated heterocycles. The molecule has 0 N–H and O–H groups in total. The van der Waals surface area contributed by atoms with Gasteiger partial charge < -0.3 is 9.47 Å². The van der Waals surface area contributed by atoms with Gasteiger partial charge in [0.2, 0.25) is 0 Å². The minimum Gasteiger partial charge on any atom is -0.482 e. The molecule has 0 fully saturated rings. The maximum atomic E-state index is 12.3. The molecule has 0 radical (unpaired) electrons. The first kappa shape index (κ1) is 17.2. The quantitative estimate of drug-likeness (QED) is 0.616. The lowest BCUT2D eigenvalue weighted by atomic mass is 9.97. The Bertz CT molecular complexity index is 851. The van der Waals surface area contributed by atoms with Crippen molar-refractivity contribution in [3.8, 4) is 11.5 Å². The number of esters is 1. The number of hydrogen-bond donors (Lipinski definition) is 0. The number of rotatable bonds is 4. The van der Waals surface area contributed by atoms with E-state index in [0.717, 1.165) is 22.3 Å². The average Bonchev–Trinajstić information content (AvgIpc) is 2.87. The van der Waals surface area contributed by atoms with Crippen LogP contribution in [0, 0.1) is 20.8 Å². The number of aryl methyl sites for hydroxylation is 3. The number of Topliss-reactive ketones (excluding diaryl/α,β-unsaturated/α-hetero) is 1. The zero-order valence-corrected chi connectivity index (χ0v) is 15.0. The van der Waals surface area contributed by atoms with Crippen molar-refractivity contribution in [3.63, 3.8) is 0 Å². The molecule has 0 bridgehead atoms. The van der Waals surface area contributed by atoms with E-state index in [4.69, 9.17) is 9.47 Å². The van der Waals surface area contributed by atoms with Crippen LogP contribution in [0.1, 0.15) is 51.9 Å². The van der Waals surface area contributed by atoms with Crippen LogP contribution in [0.4, 0.5) is 0 Å². The molecule has 1 aliphatic rings. The van der Waals surface area contributed by atoms with Crippen LogP contribution in [0.15, 0.2) is 30.3 Å². The topological polar surface area (TPSA) is 52.6 Å². The Morgan fingerprint density at radius 2 is 1.80 bits per heavy atom. The molecule has 0 aliphatic heterocycles. The van der Waals surface area contributed by atoms with E-state index in [-0.39, 0.29) is 18.3 Å². The van der Waals surface area contributed by atoms with E-state index in [0.29, 0.717) is 23.5 Å². The first-order valence-electron chi connectivity index (χ1n) is 8.44. The highest BCUT2D eigenvalue weighted by molar-refractivity contribution is 6.04. The molecular weight excluding hydrogens is 316 g/mol. The number of carbonyl (C=O) groups is 2. The first-order valence-corrected chi connectivity index (χ1v) is 8.44. The van der Waals surface area contributed by atoms with Gasteiger partial charge in [-0.25, -0.2) is 4.79 Å². The van der Waals surface area contributed by atoms with E-state index in [1.54, 1.807) is 6.07 Å². The minimum absolute atomic E-state index is 0.0319. The molecule has 1 unspecified atom stereocenters. The number of fused-ring (bicyclic) bond motifs is 1. The van der Waals surface area contributed by atoms with Gasteiger partial charge in [-0.3, -0.25) is 4.79 Å². The average molecular weight is 338 g/mol. The van der Waals surface area contributed by atoms with Gasteiger partial charge in [-0.2, -0.15) is 0 Å². The van der Waals surface area contributed by atoms with Crippen LogP contribution in [-0.4, -0.2) is 18.4 Å². The smallest absolute Gasteiger partial charge is 0.349 e. The van der Waals surface area contributed by atoms with Gasteiger partial charge in [0.25, 0.3) is 0 Å². The van der Waals surface area contributed by atoms with Gasteiger partial charge in [0.05, 0.1) is 5.56 Å². The summed E-state index contributed by atoms with van der Waals surface area (Å²) in [4.78, 5) is 24.5. The zero-order chi connectivity index (χ0) is 18.1. The van der Waals surface area contributed by atoms with Crippen molar-refractivity contribution in [2.45, 2.75) is 40.0 Å². The molecule has 4 nitrogen and oxygen atoms in total. The zero-order valence-electron chi connectivity index (χ0n) is 15.0. The van der Waals surface area contributed by atoms with Gasteiger partial charge >= 0.3 is 5.97 Å². The molecule has 2 aromatic carbocycles. The third kappa shape index (κ3) is 3.43. The Balaban J connectivity index is 1.74. The van der Waals surface area contributed by atoms with Crippen LogP contribution in [-0.2, 0) is 4.79 Å². The lowest BCUT2D eigenvalue weighted by Crippen LogP contribution is -2.19. The number of benzene rings is 2. The second-order valence-corrected chi connectivity index (χ2v) is 6.73. The van der Waals surface area contributed by atoms with Crippen molar-refractivity contribution >= 4 is 11.8 Å². The highest BCUT2D eigenvalue weighted by Crippen LogP contribution is 2.40. The molecule has 0 aromatic heterocycles. The molecule has 0 saturated carbocycles. The Labute approximate surface area is 147 Å². The maximum Gasteiger partial charge on any atom is 0.349 e. The van der Waals surface area contributed by atoms with Crippen molar-refractivity contribution in [2.75, 3.05) is 6.61 Å². The first-order chi connectivity index (χ1) is 11.9. The second kappa shape index (κ2) is 6.71. The van der Waals surface area contributed by atoms with Crippen molar-refractivity contribution in [1.82, 2.24) is 0 Å². The van der Waals surface area contributed by atoms with Crippen molar-refractivity contribution < 1.29 is 19.1 Å². The minimum atomic E-state index is -0.515. The summed E-state index contributed by atoms with van der Waals surface area (Å²) in [6, 6.07) is 9.41. The van der Waals surface area contributed by atoms with Gasteiger partial charge in [-0.15, -0.1) is 0 Å². The largest absolute Gasteiger partial charge is 0.482 e. The monoisotopic (exact) mass is 338 g/mol. The van der Waals surface area contributed by atoms with E-state index in [1.165, 1.54) is 0 Å². The number of carbonyl (C=O) groups excluding carboxylic acids is 2. The van der Waals surface area contributed by atoms with E-state index in [9.17, 15) is 9.59 Å². The van der Waals surface area contributed by atoms with Crippen molar-refractivity contribution in [2.24, 2.45) is 0 Å². The summed E-state index contributed by atoms with van der Waals surface area (Å²) in [5.41, 5.74) is 4.61. The Morgan fingerprint density at radius 1 is 1.08 bits per heavy atom. The normalized spacial score (nSPS) is 15.8. The molecular formula is C21H22O4. The van der Waals surface area contributed by atoms with E-state index in [2.05, 4.69) is 0 Å². The molecule has 0 spiro atoms. The van der Waals surface area contributed by atoms with Crippen LogP contribution in [0.3, 0.4) is 0 Å². The van der Waals surface area contributed by atoms with Gasteiger partial charge in [-0.1, -0.05) is 25.1 Å². The lowest BCUT2D eigenvalue weighted by Gasteiger charge is -2.13. The Hall–Kier alpha value is -2.62. The molecule has 4 heteroatoms.